The summed E-state index contributed by atoms with van der Waals surface area (Å²) in [6.07, 6.45) is 0.918. The van der Waals surface area contributed by atoms with Crippen LogP contribution in [0.15, 0.2) is 30.3 Å². The summed E-state index contributed by atoms with van der Waals surface area (Å²) in [5, 5.41) is 4.36. The first-order valence-corrected chi connectivity index (χ1v) is 7.24. The number of anilines is 2. The number of nitrogens with zero attached hydrogens (tertiary/aromatic N) is 4. The maximum Gasteiger partial charge on any atom is 0.155 e. The van der Waals surface area contributed by atoms with Crippen molar-refractivity contribution in [1.29, 1.82) is 0 Å². The highest BCUT2D eigenvalue weighted by atomic mass is 16.1. The second kappa shape index (κ2) is 5.60. The summed E-state index contributed by atoms with van der Waals surface area (Å²) in [4.78, 5) is 15.9. The third-order valence-electron chi connectivity index (χ3n) is 4.06. The number of piperazine rings is 1. The minimum absolute atomic E-state index is 0.714. The van der Waals surface area contributed by atoms with Crippen LogP contribution in [0.1, 0.15) is 16.1 Å². The number of carbonyl (C=O) groups excluding carboxylic acids is 1. The lowest BCUT2D eigenvalue weighted by Gasteiger charge is -2.37. The summed E-state index contributed by atoms with van der Waals surface area (Å²) >= 11 is 0. The topological polar surface area (TPSA) is 41.4 Å². The zero-order chi connectivity index (χ0) is 14.8. The number of rotatable bonds is 3. The van der Waals surface area contributed by atoms with Crippen molar-refractivity contribution in [3.05, 3.63) is 41.6 Å². The van der Waals surface area contributed by atoms with Crippen molar-refractivity contribution >= 4 is 17.8 Å². The number of para-hydroxylation sites is 1. The molecule has 0 bridgehead atoms. The number of aromatic nitrogens is 2. The molecule has 110 valence electrons. The molecule has 1 aromatic carbocycles. The third-order valence-corrected chi connectivity index (χ3v) is 4.06. The molecule has 0 amide bonds. The van der Waals surface area contributed by atoms with Gasteiger partial charge in [-0.25, -0.2) is 0 Å². The molecule has 3 rings (SSSR count). The predicted molar refractivity (Wildman–Crippen MR) is 84.2 cm³/mol. The summed E-state index contributed by atoms with van der Waals surface area (Å²) in [5.74, 6) is 0.940. The molecule has 1 saturated heterocycles. The van der Waals surface area contributed by atoms with E-state index in [4.69, 9.17) is 0 Å². The van der Waals surface area contributed by atoms with Crippen LogP contribution in [0.2, 0.25) is 0 Å². The Labute approximate surface area is 124 Å². The van der Waals surface area contributed by atoms with Gasteiger partial charge in [-0.05, 0) is 19.1 Å². The van der Waals surface area contributed by atoms with Gasteiger partial charge in [0.25, 0.3) is 0 Å². The van der Waals surface area contributed by atoms with E-state index in [9.17, 15) is 4.79 Å². The van der Waals surface area contributed by atoms with E-state index in [-0.39, 0.29) is 0 Å². The highest BCUT2D eigenvalue weighted by Gasteiger charge is 2.23. The second-order valence-corrected chi connectivity index (χ2v) is 5.37. The Morgan fingerprint density at radius 3 is 2.29 bits per heavy atom. The van der Waals surface area contributed by atoms with E-state index in [1.54, 1.807) is 0 Å². The van der Waals surface area contributed by atoms with Crippen LogP contribution in [0.4, 0.5) is 11.5 Å². The van der Waals surface area contributed by atoms with Gasteiger partial charge >= 0.3 is 0 Å². The fourth-order valence-electron chi connectivity index (χ4n) is 2.99. The van der Waals surface area contributed by atoms with E-state index in [1.165, 1.54) is 5.69 Å². The van der Waals surface area contributed by atoms with Crippen LogP contribution in [0.25, 0.3) is 0 Å². The van der Waals surface area contributed by atoms with Crippen LogP contribution in [0, 0.1) is 6.92 Å². The standard InChI is InChI=1S/C16H20N4O/c1-13-15(12-21)16(18(2)17-13)20-10-8-19(9-11-20)14-6-4-3-5-7-14/h3-7,12H,8-11H2,1-2H3. The summed E-state index contributed by atoms with van der Waals surface area (Å²) in [7, 11) is 1.90. The maximum absolute atomic E-state index is 11.3. The van der Waals surface area contributed by atoms with Gasteiger partial charge in [0, 0.05) is 38.9 Å². The summed E-state index contributed by atoms with van der Waals surface area (Å²) in [5.41, 5.74) is 2.77. The lowest BCUT2D eigenvalue weighted by molar-refractivity contribution is 0.112. The average Bonchev–Trinajstić information content (AvgIpc) is 2.82. The molecule has 1 aromatic heterocycles. The number of aryl methyl sites for hydroxylation is 2. The number of hydrogen-bond donors (Lipinski definition) is 0. The molecule has 0 saturated carbocycles. The Morgan fingerprint density at radius 2 is 1.67 bits per heavy atom. The largest absolute Gasteiger partial charge is 0.368 e. The first-order valence-electron chi connectivity index (χ1n) is 7.24. The van der Waals surface area contributed by atoms with E-state index >= 15 is 0 Å². The molecular formula is C16H20N4O. The van der Waals surface area contributed by atoms with Crippen LogP contribution < -0.4 is 9.80 Å². The van der Waals surface area contributed by atoms with Crippen LogP contribution in [0.5, 0.6) is 0 Å². The molecular weight excluding hydrogens is 264 g/mol. The minimum Gasteiger partial charge on any atom is -0.368 e. The molecule has 1 aliphatic heterocycles. The van der Waals surface area contributed by atoms with Gasteiger partial charge < -0.3 is 9.80 Å². The number of aldehydes is 1. The summed E-state index contributed by atoms with van der Waals surface area (Å²) in [6.45, 7) is 5.58. The van der Waals surface area contributed by atoms with Crippen molar-refractivity contribution in [1.82, 2.24) is 9.78 Å². The minimum atomic E-state index is 0.714. The molecule has 0 aliphatic carbocycles. The van der Waals surface area contributed by atoms with Crippen molar-refractivity contribution in [2.24, 2.45) is 7.05 Å². The molecule has 0 atom stereocenters. The predicted octanol–water partition coefficient (Wildman–Crippen LogP) is 1.87. The van der Waals surface area contributed by atoms with Crippen molar-refractivity contribution in [2.45, 2.75) is 6.92 Å². The highest BCUT2D eigenvalue weighted by molar-refractivity contribution is 5.84. The van der Waals surface area contributed by atoms with Gasteiger partial charge in [-0.3, -0.25) is 9.48 Å². The average molecular weight is 284 g/mol. The first-order chi connectivity index (χ1) is 10.2. The molecule has 0 N–H and O–H groups in total. The SMILES string of the molecule is Cc1nn(C)c(N2CCN(c3ccccc3)CC2)c1C=O. The zero-order valence-corrected chi connectivity index (χ0v) is 12.5. The van der Waals surface area contributed by atoms with Crippen molar-refractivity contribution in [3.8, 4) is 0 Å². The van der Waals surface area contributed by atoms with Gasteiger partial charge in [-0.1, -0.05) is 18.2 Å². The van der Waals surface area contributed by atoms with E-state index in [2.05, 4.69) is 39.2 Å². The fourth-order valence-corrected chi connectivity index (χ4v) is 2.99. The van der Waals surface area contributed by atoms with E-state index < -0.39 is 0 Å². The third kappa shape index (κ3) is 2.51. The molecule has 2 heterocycles. The molecule has 0 radical (unpaired) electrons. The summed E-state index contributed by atoms with van der Waals surface area (Å²) < 4.78 is 1.82. The number of benzene rings is 1. The van der Waals surface area contributed by atoms with E-state index in [0.29, 0.717) is 5.56 Å². The zero-order valence-electron chi connectivity index (χ0n) is 12.5. The lowest BCUT2D eigenvalue weighted by atomic mass is 10.2. The van der Waals surface area contributed by atoms with Crippen LogP contribution in [-0.4, -0.2) is 42.2 Å². The number of carbonyl (C=O) groups is 1. The van der Waals surface area contributed by atoms with E-state index in [1.807, 2.05) is 24.7 Å². The second-order valence-electron chi connectivity index (χ2n) is 5.37. The van der Waals surface area contributed by atoms with Crippen LogP contribution >= 0.6 is 0 Å². The number of hydrogen-bond acceptors (Lipinski definition) is 4. The van der Waals surface area contributed by atoms with Gasteiger partial charge in [0.15, 0.2) is 6.29 Å². The lowest BCUT2D eigenvalue weighted by Crippen LogP contribution is -2.47. The molecule has 21 heavy (non-hydrogen) atoms. The quantitative estimate of drug-likeness (QED) is 0.807. The monoisotopic (exact) mass is 284 g/mol. The Hall–Kier alpha value is -2.30. The van der Waals surface area contributed by atoms with Gasteiger partial charge in [0.05, 0.1) is 11.3 Å². The first kappa shape index (κ1) is 13.7. The van der Waals surface area contributed by atoms with Gasteiger partial charge in [-0.15, -0.1) is 0 Å². The van der Waals surface area contributed by atoms with Gasteiger partial charge in [-0.2, -0.15) is 5.10 Å². The van der Waals surface area contributed by atoms with Crippen molar-refractivity contribution < 1.29 is 4.79 Å². The molecule has 2 aromatic rings. The fraction of sp³-hybridized carbons (Fsp3) is 0.375. The molecule has 1 fully saturated rings. The van der Waals surface area contributed by atoms with Crippen molar-refractivity contribution in [2.75, 3.05) is 36.0 Å². The normalized spacial score (nSPS) is 15.3. The van der Waals surface area contributed by atoms with E-state index in [0.717, 1.165) is 44.0 Å². The molecule has 1 aliphatic rings. The molecule has 5 heteroatoms. The Morgan fingerprint density at radius 1 is 1.05 bits per heavy atom. The van der Waals surface area contributed by atoms with Crippen molar-refractivity contribution in [3.63, 3.8) is 0 Å². The van der Waals surface area contributed by atoms with Crippen LogP contribution in [-0.2, 0) is 7.05 Å². The Bertz CT molecular complexity index is 627. The smallest absolute Gasteiger partial charge is 0.155 e. The highest BCUT2D eigenvalue weighted by Crippen LogP contribution is 2.24. The molecule has 0 spiro atoms. The maximum atomic E-state index is 11.3. The Kier molecular flexibility index (Phi) is 3.64. The van der Waals surface area contributed by atoms with Gasteiger partial charge in [0.2, 0.25) is 0 Å². The summed E-state index contributed by atoms with van der Waals surface area (Å²) in [6, 6.07) is 10.4. The molecule has 0 unspecified atom stereocenters. The van der Waals surface area contributed by atoms with Gasteiger partial charge in [0.1, 0.15) is 5.82 Å². The van der Waals surface area contributed by atoms with Crippen LogP contribution in [0.3, 0.4) is 0 Å². The molecule has 5 nitrogen and oxygen atoms in total. The Balaban J connectivity index is 1.76.